The standard InChI is InChI=1S/C22H14ClN3O3/c23-18-9-2-4-11-20(18)25-21(24-19-10-3-1-8-17(19)22(25)27)13-12-15-6-5-7-16(14-15)26(28)29/h1-14H/b13-12+. The van der Waals surface area contributed by atoms with Crippen molar-refractivity contribution in [3.63, 3.8) is 0 Å². The number of aromatic nitrogens is 2. The molecule has 1 heterocycles. The third-order valence-corrected chi connectivity index (χ3v) is 4.72. The summed E-state index contributed by atoms with van der Waals surface area (Å²) in [5.41, 5.74) is 1.42. The second kappa shape index (κ2) is 7.69. The molecule has 29 heavy (non-hydrogen) atoms. The SMILES string of the molecule is O=c1c2ccccc2nc(/C=C/c2cccc([N+](=O)[O-])c2)n1-c1ccccc1Cl. The average molecular weight is 404 g/mol. The molecule has 0 saturated heterocycles. The Morgan fingerprint density at radius 3 is 2.52 bits per heavy atom. The van der Waals surface area contributed by atoms with Crippen LogP contribution >= 0.6 is 11.6 Å². The fourth-order valence-corrected chi connectivity index (χ4v) is 3.26. The van der Waals surface area contributed by atoms with Gasteiger partial charge in [-0.25, -0.2) is 4.98 Å². The van der Waals surface area contributed by atoms with Crippen molar-refractivity contribution < 1.29 is 4.92 Å². The van der Waals surface area contributed by atoms with Gasteiger partial charge in [0.2, 0.25) is 0 Å². The van der Waals surface area contributed by atoms with Gasteiger partial charge in [0.05, 0.1) is 26.5 Å². The molecule has 4 rings (SSSR count). The lowest BCUT2D eigenvalue weighted by Crippen LogP contribution is -2.22. The summed E-state index contributed by atoms with van der Waals surface area (Å²) in [6, 6.07) is 20.3. The van der Waals surface area contributed by atoms with Crippen molar-refractivity contribution >= 4 is 40.3 Å². The fraction of sp³-hybridized carbons (Fsp3) is 0. The molecule has 142 valence electrons. The summed E-state index contributed by atoms with van der Waals surface area (Å²) in [6.45, 7) is 0. The lowest BCUT2D eigenvalue weighted by molar-refractivity contribution is -0.384. The van der Waals surface area contributed by atoms with E-state index in [1.807, 2.05) is 6.07 Å². The number of halogens is 1. The maximum atomic E-state index is 13.2. The van der Waals surface area contributed by atoms with Crippen LogP contribution in [0.4, 0.5) is 5.69 Å². The number of nitro benzene ring substituents is 1. The summed E-state index contributed by atoms with van der Waals surface area (Å²) in [5, 5.41) is 11.9. The number of rotatable bonds is 4. The van der Waals surface area contributed by atoms with Crippen LogP contribution in [0.25, 0.3) is 28.7 Å². The van der Waals surface area contributed by atoms with Crippen LogP contribution in [0, 0.1) is 10.1 Å². The zero-order valence-corrected chi connectivity index (χ0v) is 15.8. The van der Waals surface area contributed by atoms with Gasteiger partial charge in [-0.3, -0.25) is 19.5 Å². The smallest absolute Gasteiger partial charge is 0.268 e. The van der Waals surface area contributed by atoms with E-state index in [1.54, 1.807) is 66.7 Å². The molecule has 1 aromatic heterocycles. The Balaban J connectivity index is 1.93. The first-order chi connectivity index (χ1) is 14.0. The minimum absolute atomic E-state index is 0.0119. The first-order valence-electron chi connectivity index (χ1n) is 8.74. The number of non-ortho nitro benzene ring substituents is 1. The predicted octanol–water partition coefficient (Wildman–Crippen LogP) is 5.12. The fourth-order valence-electron chi connectivity index (χ4n) is 3.04. The summed E-state index contributed by atoms with van der Waals surface area (Å²) >= 11 is 6.34. The van der Waals surface area contributed by atoms with Gasteiger partial charge in [0.25, 0.3) is 11.2 Å². The van der Waals surface area contributed by atoms with Crippen LogP contribution in [0.3, 0.4) is 0 Å². The van der Waals surface area contributed by atoms with Crippen LogP contribution in [0.5, 0.6) is 0 Å². The van der Waals surface area contributed by atoms with Gasteiger partial charge in [-0.05, 0) is 35.9 Å². The molecule has 0 aliphatic rings. The highest BCUT2D eigenvalue weighted by Crippen LogP contribution is 2.22. The van der Waals surface area contributed by atoms with Crippen molar-refractivity contribution in [1.82, 2.24) is 9.55 Å². The lowest BCUT2D eigenvalue weighted by Gasteiger charge is -2.12. The van der Waals surface area contributed by atoms with E-state index in [0.717, 1.165) is 0 Å². The molecule has 3 aromatic carbocycles. The summed E-state index contributed by atoms with van der Waals surface area (Å²) in [5.74, 6) is 0.369. The molecule has 0 atom stereocenters. The van der Waals surface area contributed by atoms with Crippen LogP contribution in [0.2, 0.25) is 5.02 Å². The summed E-state index contributed by atoms with van der Waals surface area (Å²) < 4.78 is 1.44. The van der Waals surface area contributed by atoms with Crippen molar-refractivity contribution in [3.05, 3.63) is 110 Å². The number of fused-ring (bicyclic) bond motifs is 1. The Morgan fingerprint density at radius 1 is 0.966 bits per heavy atom. The largest absolute Gasteiger partial charge is 0.270 e. The Bertz CT molecular complexity index is 1330. The van der Waals surface area contributed by atoms with E-state index in [0.29, 0.717) is 33.0 Å². The highest BCUT2D eigenvalue weighted by molar-refractivity contribution is 6.32. The number of para-hydroxylation sites is 2. The summed E-state index contributed by atoms with van der Waals surface area (Å²) in [7, 11) is 0. The predicted molar refractivity (Wildman–Crippen MR) is 114 cm³/mol. The van der Waals surface area contributed by atoms with Gasteiger partial charge in [0.15, 0.2) is 0 Å². The quantitative estimate of drug-likeness (QED) is 0.350. The van der Waals surface area contributed by atoms with E-state index >= 15 is 0 Å². The maximum absolute atomic E-state index is 13.2. The molecule has 0 radical (unpaired) electrons. The van der Waals surface area contributed by atoms with Gasteiger partial charge in [-0.1, -0.05) is 54.1 Å². The van der Waals surface area contributed by atoms with Crippen molar-refractivity contribution in [2.45, 2.75) is 0 Å². The van der Waals surface area contributed by atoms with Gasteiger partial charge in [-0.15, -0.1) is 0 Å². The molecule has 4 aromatic rings. The average Bonchev–Trinajstić information content (AvgIpc) is 2.73. The number of nitro groups is 1. The summed E-state index contributed by atoms with van der Waals surface area (Å²) in [6.07, 6.45) is 3.33. The molecule has 0 aliphatic carbocycles. The minimum atomic E-state index is -0.453. The van der Waals surface area contributed by atoms with E-state index in [4.69, 9.17) is 11.6 Å². The number of benzene rings is 3. The minimum Gasteiger partial charge on any atom is -0.268 e. The molecule has 0 unspecified atom stereocenters. The van der Waals surface area contributed by atoms with Gasteiger partial charge >= 0.3 is 0 Å². The van der Waals surface area contributed by atoms with E-state index in [-0.39, 0.29) is 11.2 Å². The molecule has 6 nitrogen and oxygen atoms in total. The topological polar surface area (TPSA) is 78.0 Å². The van der Waals surface area contributed by atoms with Crippen molar-refractivity contribution in [1.29, 1.82) is 0 Å². The molecule has 7 heteroatoms. The molecular weight excluding hydrogens is 390 g/mol. The first kappa shape index (κ1) is 18.6. The maximum Gasteiger partial charge on any atom is 0.270 e. The molecular formula is C22H14ClN3O3. The zero-order valence-electron chi connectivity index (χ0n) is 15.0. The number of nitrogens with zero attached hydrogens (tertiary/aromatic N) is 3. The van der Waals surface area contributed by atoms with Crippen LogP contribution in [-0.2, 0) is 0 Å². The highest BCUT2D eigenvalue weighted by atomic mass is 35.5. The molecule has 0 saturated carbocycles. The molecule has 0 aliphatic heterocycles. The molecule has 0 N–H and O–H groups in total. The Morgan fingerprint density at radius 2 is 1.72 bits per heavy atom. The second-order valence-corrected chi connectivity index (χ2v) is 6.67. The Labute approximate surface area is 170 Å². The molecule has 0 amide bonds. The number of hydrogen-bond acceptors (Lipinski definition) is 4. The first-order valence-corrected chi connectivity index (χ1v) is 9.11. The highest BCUT2D eigenvalue weighted by Gasteiger charge is 2.13. The van der Waals surface area contributed by atoms with Crippen LogP contribution < -0.4 is 5.56 Å². The summed E-state index contributed by atoms with van der Waals surface area (Å²) in [4.78, 5) is 28.4. The monoisotopic (exact) mass is 403 g/mol. The van der Waals surface area contributed by atoms with Gasteiger partial charge in [0.1, 0.15) is 5.82 Å². The van der Waals surface area contributed by atoms with E-state index < -0.39 is 4.92 Å². The van der Waals surface area contributed by atoms with Crippen molar-refractivity contribution in [2.75, 3.05) is 0 Å². The van der Waals surface area contributed by atoms with E-state index in [2.05, 4.69) is 4.98 Å². The van der Waals surface area contributed by atoms with Crippen LogP contribution in [0.1, 0.15) is 11.4 Å². The molecule has 0 fully saturated rings. The number of hydrogen-bond donors (Lipinski definition) is 0. The zero-order chi connectivity index (χ0) is 20.4. The van der Waals surface area contributed by atoms with Gasteiger partial charge < -0.3 is 0 Å². The normalized spacial score (nSPS) is 11.2. The Kier molecular flexibility index (Phi) is 4.93. The van der Waals surface area contributed by atoms with Crippen molar-refractivity contribution in [3.8, 4) is 5.69 Å². The van der Waals surface area contributed by atoms with Crippen molar-refractivity contribution in [2.24, 2.45) is 0 Å². The third-order valence-electron chi connectivity index (χ3n) is 4.40. The molecule has 0 spiro atoms. The molecule has 0 bridgehead atoms. The Hall–Kier alpha value is -3.77. The van der Waals surface area contributed by atoms with Crippen LogP contribution in [-0.4, -0.2) is 14.5 Å². The lowest BCUT2D eigenvalue weighted by atomic mass is 10.2. The second-order valence-electron chi connectivity index (χ2n) is 6.26. The van der Waals surface area contributed by atoms with Gasteiger partial charge in [0, 0.05) is 12.1 Å². The van der Waals surface area contributed by atoms with Crippen LogP contribution in [0.15, 0.2) is 77.6 Å². The third kappa shape index (κ3) is 3.66. The van der Waals surface area contributed by atoms with E-state index in [1.165, 1.54) is 16.7 Å². The van der Waals surface area contributed by atoms with E-state index in [9.17, 15) is 14.9 Å². The van der Waals surface area contributed by atoms with Gasteiger partial charge in [-0.2, -0.15) is 0 Å².